The van der Waals surface area contributed by atoms with Crippen molar-refractivity contribution in [1.29, 1.82) is 0 Å². The predicted octanol–water partition coefficient (Wildman–Crippen LogP) is 2.77. The first-order chi connectivity index (χ1) is 9.19. The van der Waals surface area contributed by atoms with E-state index >= 15 is 0 Å². The van der Waals surface area contributed by atoms with Crippen LogP contribution in [-0.2, 0) is 9.47 Å². The highest BCUT2D eigenvalue weighted by Crippen LogP contribution is 2.24. The van der Waals surface area contributed by atoms with Crippen LogP contribution in [-0.4, -0.2) is 26.0 Å². The molecule has 0 radical (unpaired) electrons. The quantitative estimate of drug-likeness (QED) is 0.863. The minimum absolute atomic E-state index is 0.173. The van der Waals surface area contributed by atoms with Crippen LogP contribution >= 0.6 is 0 Å². The average molecular weight is 271 g/mol. The number of benzene rings is 1. The number of ether oxygens (including phenoxy) is 2. The van der Waals surface area contributed by atoms with E-state index in [4.69, 9.17) is 9.47 Å². The first-order valence-corrected chi connectivity index (χ1v) is 6.61. The van der Waals surface area contributed by atoms with Gasteiger partial charge in [-0.25, -0.2) is 8.78 Å². The van der Waals surface area contributed by atoms with Gasteiger partial charge in [0.2, 0.25) is 0 Å². The van der Waals surface area contributed by atoms with Crippen molar-refractivity contribution in [3.8, 4) is 0 Å². The van der Waals surface area contributed by atoms with Gasteiger partial charge in [-0.15, -0.1) is 0 Å². The second kappa shape index (κ2) is 6.93. The zero-order chi connectivity index (χ0) is 13.7. The summed E-state index contributed by atoms with van der Waals surface area (Å²) in [7, 11) is 0. The summed E-state index contributed by atoms with van der Waals surface area (Å²) < 4.78 is 37.4. The normalized spacial score (nSPS) is 17.8. The second-order valence-electron chi connectivity index (χ2n) is 4.62. The summed E-state index contributed by atoms with van der Waals surface area (Å²) in [6.07, 6.45) is 1.18. The summed E-state index contributed by atoms with van der Waals surface area (Å²) >= 11 is 0. The van der Waals surface area contributed by atoms with Crippen molar-refractivity contribution in [2.24, 2.45) is 0 Å². The summed E-state index contributed by atoms with van der Waals surface area (Å²) in [5.74, 6) is -1.13. The minimum atomic E-state index is -0.563. The third kappa shape index (κ3) is 4.23. The van der Waals surface area contributed by atoms with E-state index in [1.807, 2.05) is 6.92 Å². The van der Waals surface area contributed by atoms with E-state index in [9.17, 15) is 8.78 Å². The number of hydrogen-bond donors (Lipinski definition) is 1. The Labute approximate surface area is 111 Å². The van der Waals surface area contributed by atoms with Crippen LogP contribution in [0.3, 0.4) is 0 Å². The molecule has 3 nitrogen and oxygen atoms in total. The summed E-state index contributed by atoms with van der Waals surface area (Å²) in [6.45, 7) is 3.96. The lowest BCUT2D eigenvalue weighted by atomic mass is 10.0. The molecule has 0 saturated carbocycles. The van der Waals surface area contributed by atoms with E-state index in [1.165, 1.54) is 12.1 Å². The van der Waals surface area contributed by atoms with E-state index in [-0.39, 0.29) is 12.3 Å². The summed E-state index contributed by atoms with van der Waals surface area (Å²) in [6, 6.07) is 3.41. The van der Waals surface area contributed by atoms with Gasteiger partial charge in [-0.05, 0) is 30.7 Å². The molecule has 1 aromatic rings. The molecule has 2 rings (SSSR count). The first kappa shape index (κ1) is 14.4. The van der Waals surface area contributed by atoms with Crippen LogP contribution in [0.2, 0.25) is 0 Å². The molecule has 0 aliphatic carbocycles. The third-order valence-electron chi connectivity index (χ3n) is 3.05. The second-order valence-corrected chi connectivity index (χ2v) is 4.62. The van der Waals surface area contributed by atoms with Crippen molar-refractivity contribution in [2.75, 3.05) is 19.8 Å². The maximum atomic E-state index is 13.3. The van der Waals surface area contributed by atoms with Crippen LogP contribution in [0.4, 0.5) is 8.78 Å². The van der Waals surface area contributed by atoms with Crippen molar-refractivity contribution < 1.29 is 18.3 Å². The Hall–Kier alpha value is -1.04. The number of rotatable bonds is 6. The van der Waals surface area contributed by atoms with Gasteiger partial charge in [-0.3, -0.25) is 0 Å². The highest BCUT2D eigenvalue weighted by molar-refractivity contribution is 5.21. The van der Waals surface area contributed by atoms with Crippen LogP contribution in [0, 0.1) is 11.6 Å². The lowest BCUT2D eigenvalue weighted by Gasteiger charge is -2.21. The molecular formula is C14H19F2NO2. The van der Waals surface area contributed by atoms with Crippen LogP contribution in [0.1, 0.15) is 31.4 Å². The van der Waals surface area contributed by atoms with E-state index in [2.05, 4.69) is 5.32 Å². The number of nitrogens with one attached hydrogen (secondary N) is 1. The Bertz CT molecular complexity index is 388. The van der Waals surface area contributed by atoms with Crippen molar-refractivity contribution in [3.63, 3.8) is 0 Å². The Kier molecular flexibility index (Phi) is 5.24. The third-order valence-corrected chi connectivity index (χ3v) is 3.05. The Morgan fingerprint density at radius 3 is 2.42 bits per heavy atom. The van der Waals surface area contributed by atoms with Gasteiger partial charge in [0.05, 0.1) is 13.2 Å². The van der Waals surface area contributed by atoms with Gasteiger partial charge in [0, 0.05) is 18.5 Å². The molecule has 1 N–H and O–H groups in total. The Balaban J connectivity index is 2.10. The van der Waals surface area contributed by atoms with Crippen molar-refractivity contribution in [3.05, 3.63) is 35.4 Å². The van der Waals surface area contributed by atoms with Gasteiger partial charge in [-0.2, -0.15) is 0 Å². The predicted molar refractivity (Wildman–Crippen MR) is 67.7 cm³/mol. The molecular weight excluding hydrogens is 252 g/mol. The topological polar surface area (TPSA) is 30.5 Å². The van der Waals surface area contributed by atoms with Crippen molar-refractivity contribution in [2.45, 2.75) is 32.1 Å². The van der Waals surface area contributed by atoms with E-state index < -0.39 is 11.6 Å². The molecule has 0 bridgehead atoms. The molecule has 1 atom stereocenters. The fraction of sp³-hybridized carbons (Fsp3) is 0.571. The molecule has 1 heterocycles. The molecule has 1 aliphatic rings. The van der Waals surface area contributed by atoms with E-state index in [1.54, 1.807) is 0 Å². The maximum absolute atomic E-state index is 13.3. The molecule has 1 saturated heterocycles. The smallest absolute Gasteiger partial charge is 0.159 e. The maximum Gasteiger partial charge on any atom is 0.159 e. The standard InChI is InChI=1S/C14H19F2NO2/c1-2-3-17-13(9-14-18-4-5-19-14)10-6-11(15)8-12(16)7-10/h6-8,13-14,17H,2-5,9H2,1H3. The molecule has 1 unspecified atom stereocenters. The van der Waals surface area contributed by atoms with Gasteiger partial charge in [0.15, 0.2) is 6.29 Å². The van der Waals surface area contributed by atoms with Crippen molar-refractivity contribution >= 4 is 0 Å². The molecule has 0 aromatic heterocycles. The summed E-state index contributed by atoms with van der Waals surface area (Å²) in [4.78, 5) is 0. The molecule has 1 aliphatic heterocycles. The van der Waals surface area contributed by atoms with E-state index in [0.29, 0.717) is 25.2 Å². The van der Waals surface area contributed by atoms with Gasteiger partial charge < -0.3 is 14.8 Å². The Morgan fingerprint density at radius 2 is 1.84 bits per heavy atom. The minimum Gasteiger partial charge on any atom is -0.350 e. The largest absolute Gasteiger partial charge is 0.350 e. The molecule has 1 aromatic carbocycles. The summed E-state index contributed by atoms with van der Waals surface area (Å²) in [5.41, 5.74) is 0.588. The van der Waals surface area contributed by atoms with Crippen LogP contribution < -0.4 is 5.32 Å². The van der Waals surface area contributed by atoms with Crippen LogP contribution in [0.5, 0.6) is 0 Å². The SMILES string of the molecule is CCCNC(CC1OCCO1)c1cc(F)cc(F)c1. The number of halogens is 2. The summed E-state index contributed by atoms with van der Waals surface area (Å²) in [5, 5.41) is 3.27. The van der Waals surface area contributed by atoms with Gasteiger partial charge in [-0.1, -0.05) is 6.92 Å². The van der Waals surface area contributed by atoms with Crippen molar-refractivity contribution in [1.82, 2.24) is 5.32 Å². The van der Waals surface area contributed by atoms with Gasteiger partial charge >= 0.3 is 0 Å². The lowest BCUT2D eigenvalue weighted by Crippen LogP contribution is -2.27. The monoisotopic (exact) mass is 271 g/mol. The average Bonchev–Trinajstić information content (AvgIpc) is 2.86. The van der Waals surface area contributed by atoms with Gasteiger partial charge in [0.1, 0.15) is 11.6 Å². The lowest BCUT2D eigenvalue weighted by molar-refractivity contribution is -0.0530. The molecule has 0 spiro atoms. The van der Waals surface area contributed by atoms with Gasteiger partial charge in [0.25, 0.3) is 0 Å². The molecule has 5 heteroatoms. The highest BCUT2D eigenvalue weighted by atomic mass is 19.1. The first-order valence-electron chi connectivity index (χ1n) is 6.61. The highest BCUT2D eigenvalue weighted by Gasteiger charge is 2.23. The zero-order valence-corrected chi connectivity index (χ0v) is 11.0. The zero-order valence-electron chi connectivity index (χ0n) is 11.0. The number of hydrogen-bond acceptors (Lipinski definition) is 3. The fourth-order valence-corrected chi connectivity index (χ4v) is 2.17. The molecule has 1 fully saturated rings. The van der Waals surface area contributed by atoms with Crippen LogP contribution in [0.15, 0.2) is 18.2 Å². The molecule has 106 valence electrons. The Morgan fingerprint density at radius 1 is 1.21 bits per heavy atom. The van der Waals surface area contributed by atoms with Crippen LogP contribution in [0.25, 0.3) is 0 Å². The fourth-order valence-electron chi connectivity index (χ4n) is 2.17. The molecule has 0 amide bonds. The van der Waals surface area contributed by atoms with E-state index in [0.717, 1.165) is 19.0 Å². The molecule has 19 heavy (non-hydrogen) atoms.